The van der Waals surface area contributed by atoms with Crippen LogP contribution in [0.2, 0.25) is 0 Å². The van der Waals surface area contributed by atoms with Crippen molar-refractivity contribution in [3.63, 3.8) is 0 Å². The third-order valence-corrected chi connectivity index (χ3v) is 2.61. The van der Waals surface area contributed by atoms with Crippen molar-refractivity contribution in [2.45, 2.75) is 25.4 Å². The van der Waals surface area contributed by atoms with E-state index in [9.17, 15) is 0 Å². The minimum absolute atomic E-state index is 0.544. The smallest absolute Gasteiger partial charge is 0.0728 e. The summed E-state index contributed by atoms with van der Waals surface area (Å²) < 4.78 is 5.62. The fourth-order valence-corrected chi connectivity index (χ4v) is 1.99. The van der Waals surface area contributed by atoms with Crippen LogP contribution in [0.5, 0.6) is 0 Å². The third-order valence-electron chi connectivity index (χ3n) is 2.61. The van der Waals surface area contributed by atoms with Crippen molar-refractivity contribution in [2.75, 3.05) is 19.7 Å². The topological polar surface area (TPSA) is 21.3 Å². The van der Waals surface area contributed by atoms with E-state index in [1.54, 1.807) is 0 Å². The van der Waals surface area contributed by atoms with Gasteiger partial charge in [0.15, 0.2) is 0 Å². The number of ether oxygens (including phenoxy) is 1. The van der Waals surface area contributed by atoms with E-state index in [4.69, 9.17) is 4.74 Å². The molecule has 2 aliphatic rings. The molecule has 2 rings (SSSR count). The fraction of sp³-hybridized carbons (Fsp3) is 1.00. The lowest BCUT2D eigenvalue weighted by Crippen LogP contribution is -2.44. The van der Waals surface area contributed by atoms with Crippen molar-refractivity contribution in [3.05, 3.63) is 0 Å². The van der Waals surface area contributed by atoms with Crippen molar-refractivity contribution in [3.8, 4) is 0 Å². The van der Waals surface area contributed by atoms with Crippen LogP contribution in [0.1, 0.15) is 19.3 Å². The first kappa shape index (κ1) is 6.62. The molecule has 0 spiro atoms. The minimum Gasteiger partial charge on any atom is -0.377 e. The molecule has 10 heavy (non-hydrogen) atoms. The standard InChI is InChI=1S/C8H15NO/c1-2-7-3-4-9-6-8(7)10-5-1/h7-9H,1-6H2/t7-,8-/m1/s1. The van der Waals surface area contributed by atoms with E-state index in [1.165, 1.54) is 25.8 Å². The van der Waals surface area contributed by atoms with Gasteiger partial charge in [-0.3, -0.25) is 0 Å². The third kappa shape index (κ3) is 1.18. The molecule has 0 bridgehead atoms. The van der Waals surface area contributed by atoms with Crippen LogP contribution >= 0.6 is 0 Å². The van der Waals surface area contributed by atoms with E-state index >= 15 is 0 Å². The van der Waals surface area contributed by atoms with Gasteiger partial charge in [0.05, 0.1) is 6.10 Å². The van der Waals surface area contributed by atoms with Gasteiger partial charge in [-0.15, -0.1) is 0 Å². The Morgan fingerprint density at radius 2 is 2.30 bits per heavy atom. The van der Waals surface area contributed by atoms with Gasteiger partial charge in [0.1, 0.15) is 0 Å². The normalized spacial score (nSPS) is 40.8. The van der Waals surface area contributed by atoms with Gasteiger partial charge < -0.3 is 10.1 Å². The second-order valence-electron chi connectivity index (χ2n) is 3.30. The fourth-order valence-electron chi connectivity index (χ4n) is 1.99. The van der Waals surface area contributed by atoms with E-state index in [0.717, 1.165) is 19.1 Å². The highest BCUT2D eigenvalue weighted by molar-refractivity contribution is 4.80. The molecule has 0 saturated carbocycles. The van der Waals surface area contributed by atoms with Crippen molar-refractivity contribution < 1.29 is 4.74 Å². The Kier molecular flexibility index (Phi) is 1.91. The molecule has 2 heteroatoms. The first-order valence-corrected chi connectivity index (χ1v) is 4.29. The average molecular weight is 141 g/mol. The van der Waals surface area contributed by atoms with Gasteiger partial charge in [-0.05, 0) is 31.7 Å². The van der Waals surface area contributed by atoms with E-state index < -0.39 is 0 Å². The van der Waals surface area contributed by atoms with E-state index in [2.05, 4.69) is 5.32 Å². The summed E-state index contributed by atoms with van der Waals surface area (Å²) in [5.74, 6) is 0.870. The summed E-state index contributed by atoms with van der Waals surface area (Å²) in [7, 11) is 0. The van der Waals surface area contributed by atoms with Gasteiger partial charge in [-0.2, -0.15) is 0 Å². The maximum Gasteiger partial charge on any atom is 0.0728 e. The summed E-state index contributed by atoms with van der Waals surface area (Å²) >= 11 is 0. The van der Waals surface area contributed by atoms with Crippen LogP contribution in [0.25, 0.3) is 0 Å². The average Bonchev–Trinajstić information content (AvgIpc) is 2.05. The molecule has 0 radical (unpaired) electrons. The van der Waals surface area contributed by atoms with Crippen LogP contribution in [-0.4, -0.2) is 25.8 Å². The second kappa shape index (κ2) is 2.89. The largest absolute Gasteiger partial charge is 0.377 e. The zero-order chi connectivity index (χ0) is 6.81. The van der Waals surface area contributed by atoms with Gasteiger partial charge in [-0.1, -0.05) is 0 Å². The van der Waals surface area contributed by atoms with E-state index in [-0.39, 0.29) is 0 Å². The Balaban J connectivity index is 1.93. The Morgan fingerprint density at radius 1 is 1.30 bits per heavy atom. The minimum atomic E-state index is 0.544. The highest BCUT2D eigenvalue weighted by Crippen LogP contribution is 2.25. The SMILES string of the molecule is C1CO[C@@H]2CNCC[C@H]2C1. The van der Waals surface area contributed by atoms with Gasteiger partial charge in [0, 0.05) is 13.2 Å². The zero-order valence-corrected chi connectivity index (χ0v) is 6.31. The molecule has 0 unspecified atom stereocenters. The van der Waals surface area contributed by atoms with Gasteiger partial charge in [0.25, 0.3) is 0 Å². The second-order valence-corrected chi connectivity index (χ2v) is 3.30. The van der Waals surface area contributed by atoms with Crippen LogP contribution in [0.3, 0.4) is 0 Å². The quantitative estimate of drug-likeness (QED) is 0.538. The molecule has 0 aromatic carbocycles. The van der Waals surface area contributed by atoms with E-state index in [0.29, 0.717) is 6.10 Å². The summed E-state index contributed by atoms with van der Waals surface area (Å²) in [5.41, 5.74) is 0. The molecule has 0 aromatic heterocycles. The number of hydrogen-bond donors (Lipinski definition) is 1. The lowest BCUT2D eigenvalue weighted by Gasteiger charge is -2.35. The number of rotatable bonds is 0. The number of fused-ring (bicyclic) bond motifs is 1. The van der Waals surface area contributed by atoms with Crippen LogP contribution < -0.4 is 5.32 Å². The van der Waals surface area contributed by atoms with Crippen molar-refractivity contribution in [1.82, 2.24) is 5.32 Å². The number of piperidine rings is 1. The number of nitrogens with one attached hydrogen (secondary N) is 1. The maximum atomic E-state index is 5.62. The molecule has 2 heterocycles. The highest BCUT2D eigenvalue weighted by atomic mass is 16.5. The summed E-state index contributed by atoms with van der Waals surface area (Å²) in [5, 5.41) is 3.36. The summed E-state index contributed by atoms with van der Waals surface area (Å²) in [4.78, 5) is 0. The first-order chi connectivity index (χ1) is 4.97. The maximum absolute atomic E-state index is 5.62. The summed E-state index contributed by atoms with van der Waals surface area (Å²) in [6, 6.07) is 0. The molecular formula is C8H15NO. The molecular weight excluding hydrogens is 126 g/mol. The molecule has 0 aliphatic carbocycles. The molecule has 2 aliphatic heterocycles. The monoisotopic (exact) mass is 141 g/mol. The Labute approximate surface area is 61.9 Å². The van der Waals surface area contributed by atoms with E-state index in [1.807, 2.05) is 0 Å². The van der Waals surface area contributed by atoms with Crippen LogP contribution in [0.4, 0.5) is 0 Å². The van der Waals surface area contributed by atoms with Crippen LogP contribution in [-0.2, 0) is 4.74 Å². The van der Waals surface area contributed by atoms with Gasteiger partial charge >= 0.3 is 0 Å². The molecule has 2 saturated heterocycles. The lowest BCUT2D eigenvalue weighted by atomic mass is 9.89. The van der Waals surface area contributed by atoms with Gasteiger partial charge in [0.2, 0.25) is 0 Å². The van der Waals surface area contributed by atoms with Gasteiger partial charge in [-0.25, -0.2) is 0 Å². The highest BCUT2D eigenvalue weighted by Gasteiger charge is 2.27. The summed E-state index contributed by atoms with van der Waals surface area (Å²) in [6.45, 7) is 3.28. The molecule has 2 fully saturated rings. The molecule has 0 aromatic rings. The van der Waals surface area contributed by atoms with Crippen LogP contribution in [0.15, 0.2) is 0 Å². The number of hydrogen-bond acceptors (Lipinski definition) is 2. The molecule has 2 atom stereocenters. The van der Waals surface area contributed by atoms with Crippen molar-refractivity contribution in [2.24, 2.45) is 5.92 Å². The zero-order valence-electron chi connectivity index (χ0n) is 6.31. The molecule has 58 valence electrons. The van der Waals surface area contributed by atoms with Crippen molar-refractivity contribution in [1.29, 1.82) is 0 Å². The Bertz CT molecular complexity index is 89.8. The van der Waals surface area contributed by atoms with Crippen molar-refractivity contribution >= 4 is 0 Å². The molecule has 2 nitrogen and oxygen atoms in total. The summed E-state index contributed by atoms with van der Waals surface area (Å²) in [6.07, 6.45) is 4.54. The lowest BCUT2D eigenvalue weighted by molar-refractivity contribution is -0.0384. The predicted molar refractivity (Wildman–Crippen MR) is 40.0 cm³/mol. The Hall–Kier alpha value is -0.0800. The Morgan fingerprint density at radius 3 is 3.20 bits per heavy atom. The predicted octanol–water partition coefficient (Wildman–Crippen LogP) is 0.775. The first-order valence-electron chi connectivity index (χ1n) is 4.29. The molecule has 0 amide bonds. The van der Waals surface area contributed by atoms with Crippen LogP contribution in [0, 0.1) is 5.92 Å². The molecule has 1 N–H and O–H groups in total.